The molecule has 1 aliphatic rings. The molecule has 1 heterocycles. The molecular weight excluding hydrogens is 324 g/mol. The summed E-state index contributed by atoms with van der Waals surface area (Å²) in [6, 6.07) is 9.99. The summed E-state index contributed by atoms with van der Waals surface area (Å²) >= 11 is 7.03. The van der Waals surface area contributed by atoms with Crippen LogP contribution in [0.2, 0.25) is 0 Å². The molecule has 0 unspecified atom stereocenters. The van der Waals surface area contributed by atoms with Crippen LogP contribution in [0.15, 0.2) is 30.3 Å². The van der Waals surface area contributed by atoms with E-state index in [0.29, 0.717) is 13.2 Å². The van der Waals surface area contributed by atoms with Crippen molar-refractivity contribution >= 4 is 31.9 Å². The van der Waals surface area contributed by atoms with Crippen molar-refractivity contribution in [2.45, 2.75) is 10.6 Å². The zero-order chi connectivity index (χ0) is 10.7. The lowest BCUT2D eigenvalue weighted by atomic mass is 10.1. The molecule has 82 valence electrons. The number of ether oxygens (including phenoxy) is 2. The molecule has 0 aromatic heterocycles. The fraction of sp³-hybridized carbons (Fsp3) is 0.455. The molecule has 0 atom stereocenters. The maximum Gasteiger partial charge on any atom is 0.183 e. The van der Waals surface area contributed by atoms with Gasteiger partial charge in [-0.15, -0.1) is 0 Å². The van der Waals surface area contributed by atoms with Crippen molar-refractivity contribution in [1.82, 2.24) is 0 Å². The molecule has 0 bridgehead atoms. The van der Waals surface area contributed by atoms with E-state index in [1.54, 1.807) is 0 Å². The van der Waals surface area contributed by atoms with E-state index in [0.717, 1.165) is 10.9 Å². The van der Waals surface area contributed by atoms with E-state index in [-0.39, 0.29) is 10.6 Å². The largest absolute Gasteiger partial charge is 0.347 e. The van der Waals surface area contributed by atoms with Gasteiger partial charge < -0.3 is 9.47 Å². The van der Waals surface area contributed by atoms with Gasteiger partial charge in [0.05, 0.1) is 17.5 Å². The Morgan fingerprint density at radius 2 is 1.80 bits per heavy atom. The van der Waals surface area contributed by atoms with Crippen molar-refractivity contribution in [2.75, 3.05) is 18.5 Å². The van der Waals surface area contributed by atoms with Crippen LogP contribution in [0.4, 0.5) is 0 Å². The van der Waals surface area contributed by atoms with Gasteiger partial charge >= 0.3 is 0 Å². The summed E-state index contributed by atoms with van der Waals surface area (Å²) < 4.78 is 11.3. The Labute approximate surface area is 106 Å². The molecule has 0 saturated carbocycles. The molecule has 0 amide bonds. The second-order valence-electron chi connectivity index (χ2n) is 3.65. The first-order chi connectivity index (χ1) is 7.23. The summed E-state index contributed by atoms with van der Waals surface area (Å²) in [4.78, 5) is 0. The van der Waals surface area contributed by atoms with Gasteiger partial charge in [-0.1, -0.05) is 62.2 Å². The summed E-state index contributed by atoms with van der Waals surface area (Å²) in [5.74, 6) is 0. The Morgan fingerprint density at radius 3 is 2.33 bits per heavy atom. The van der Waals surface area contributed by atoms with E-state index in [9.17, 15) is 0 Å². The summed E-state index contributed by atoms with van der Waals surface area (Å²) in [7, 11) is 0. The highest BCUT2D eigenvalue weighted by molar-refractivity contribution is 9.12. The highest BCUT2D eigenvalue weighted by atomic mass is 79.9. The van der Waals surface area contributed by atoms with Crippen LogP contribution in [-0.4, -0.2) is 22.9 Å². The molecule has 1 aliphatic heterocycles. The molecule has 1 aromatic carbocycles. The van der Waals surface area contributed by atoms with Gasteiger partial charge in [0.25, 0.3) is 0 Å². The Kier molecular flexibility index (Phi) is 3.83. The van der Waals surface area contributed by atoms with Gasteiger partial charge in [-0.2, -0.15) is 0 Å². The molecular formula is C11H12Br2O2. The van der Waals surface area contributed by atoms with Gasteiger partial charge in [-0.25, -0.2) is 0 Å². The van der Waals surface area contributed by atoms with E-state index >= 15 is 0 Å². The monoisotopic (exact) mass is 334 g/mol. The van der Waals surface area contributed by atoms with Gasteiger partial charge in [-0.3, -0.25) is 0 Å². The Hall–Kier alpha value is 0.1000. The smallest absolute Gasteiger partial charge is 0.183 e. The zero-order valence-electron chi connectivity index (χ0n) is 8.16. The lowest BCUT2D eigenvalue weighted by molar-refractivity contribution is -0.192. The average molecular weight is 336 g/mol. The Balaban J connectivity index is 2.00. The first-order valence-corrected chi connectivity index (χ1v) is 6.68. The number of hydrogen-bond acceptors (Lipinski definition) is 2. The van der Waals surface area contributed by atoms with Crippen molar-refractivity contribution in [3.8, 4) is 0 Å². The first kappa shape index (κ1) is 11.6. The van der Waals surface area contributed by atoms with E-state index < -0.39 is 0 Å². The third kappa shape index (κ3) is 2.81. The highest BCUT2D eigenvalue weighted by Gasteiger charge is 2.34. The van der Waals surface area contributed by atoms with Crippen LogP contribution in [0.25, 0.3) is 0 Å². The molecule has 0 radical (unpaired) electrons. The van der Waals surface area contributed by atoms with Gasteiger partial charge in [0.1, 0.15) is 0 Å². The highest BCUT2D eigenvalue weighted by Crippen LogP contribution is 2.32. The number of halogens is 2. The standard InChI is InChI=1S/C11H12Br2O2/c12-6-11(13)7-14-10(15-8-11)9-4-2-1-3-5-9/h1-5,10H,6-8H2. The third-order valence-electron chi connectivity index (χ3n) is 2.30. The van der Waals surface area contributed by atoms with Crippen LogP contribution in [0.5, 0.6) is 0 Å². The summed E-state index contributed by atoms with van der Waals surface area (Å²) in [5, 5.41) is 0.821. The van der Waals surface area contributed by atoms with Crippen molar-refractivity contribution in [1.29, 1.82) is 0 Å². The molecule has 15 heavy (non-hydrogen) atoms. The molecule has 4 heteroatoms. The summed E-state index contributed by atoms with van der Waals surface area (Å²) in [6.45, 7) is 1.30. The third-order valence-corrected chi connectivity index (χ3v) is 4.86. The lowest BCUT2D eigenvalue weighted by Crippen LogP contribution is -2.41. The van der Waals surface area contributed by atoms with E-state index in [1.165, 1.54) is 0 Å². The maximum absolute atomic E-state index is 5.67. The lowest BCUT2D eigenvalue weighted by Gasteiger charge is -2.34. The fourth-order valence-corrected chi connectivity index (χ4v) is 2.01. The van der Waals surface area contributed by atoms with E-state index in [1.807, 2.05) is 30.3 Å². The van der Waals surface area contributed by atoms with Crippen LogP contribution < -0.4 is 0 Å². The van der Waals surface area contributed by atoms with Crippen LogP contribution in [0.1, 0.15) is 11.9 Å². The van der Waals surface area contributed by atoms with Crippen molar-refractivity contribution in [3.63, 3.8) is 0 Å². The van der Waals surface area contributed by atoms with Crippen LogP contribution in [-0.2, 0) is 9.47 Å². The Morgan fingerprint density at radius 1 is 1.20 bits per heavy atom. The quantitative estimate of drug-likeness (QED) is 0.772. The van der Waals surface area contributed by atoms with Crippen LogP contribution in [0.3, 0.4) is 0 Å². The van der Waals surface area contributed by atoms with Gasteiger partial charge in [0.15, 0.2) is 6.29 Å². The summed E-state index contributed by atoms with van der Waals surface area (Å²) in [5.41, 5.74) is 1.07. The van der Waals surface area contributed by atoms with Crippen molar-refractivity contribution in [2.24, 2.45) is 0 Å². The van der Waals surface area contributed by atoms with Crippen molar-refractivity contribution in [3.05, 3.63) is 35.9 Å². The minimum atomic E-state index is -0.226. The minimum Gasteiger partial charge on any atom is -0.347 e. The van der Waals surface area contributed by atoms with Gasteiger partial charge in [0.2, 0.25) is 0 Å². The second kappa shape index (κ2) is 4.95. The molecule has 2 rings (SSSR count). The molecule has 0 aliphatic carbocycles. The molecule has 1 saturated heterocycles. The predicted octanol–water partition coefficient (Wildman–Crippen LogP) is 3.26. The SMILES string of the molecule is BrCC1(Br)COC(c2ccccc2)OC1. The predicted molar refractivity (Wildman–Crippen MR) is 66.5 cm³/mol. The van der Waals surface area contributed by atoms with E-state index in [2.05, 4.69) is 31.9 Å². The molecule has 1 fully saturated rings. The number of rotatable bonds is 2. The van der Waals surface area contributed by atoms with Gasteiger partial charge in [-0.05, 0) is 0 Å². The fourth-order valence-electron chi connectivity index (χ4n) is 1.42. The van der Waals surface area contributed by atoms with Crippen LogP contribution in [0, 0.1) is 0 Å². The zero-order valence-corrected chi connectivity index (χ0v) is 11.3. The topological polar surface area (TPSA) is 18.5 Å². The molecule has 0 spiro atoms. The second-order valence-corrected chi connectivity index (χ2v) is 5.89. The molecule has 0 N–H and O–H groups in total. The normalized spacial score (nSPS) is 31.5. The maximum atomic E-state index is 5.67. The van der Waals surface area contributed by atoms with Crippen LogP contribution >= 0.6 is 31.9 Å². The van der Waals surface area contributed by atoms with E-state index in [4.69, 9.17) is 9.47 Å². The molecule has 1 aromatic rings. The number of benzene rings is 1. The van der Waals surface area contributed by atoms with Crippen molar-refractivity contribution < 1.29 is 9.47 Å². The summed E-state index contributed by atoms with van der Waals surface area (Å²) in [6.07, 6.45) is -0.226. The molecule has 2 nitrogen and oxygen atoms in total. The minimum absolute atomic E-state index is 0.0850. The number of alkyl halides is 2. The average Bonchev–Trinajstić information content (AvgIpc) is 2.31. The van der Waals surface area contributed by atoms with Gasteiger partial charge in [0, 0.05) is 10.9 Å². The first-order valence-electron chi connectivity index (χ1n) is 4.77. The number of hydrogen-bond donors (Lipinski definition) is 0. The Bertz CT molecular complexity index is 308.